The lowest BCUT2D eigenvalue weighted by atomic mass is 10.2. The summed E-state index contributed by atoms with van der Waals surface area (Å²) in [6.45, 7) is 1.42. The van der Waals surface area contributed by atoms with E-state index in [1.807, 2.05) is 24.3 Å². The van der Waals surface area contributed by atoms with Crippen LogP contribution in [0.15, 0.2) is 34.8 Å². The van der Waals surface area contributed by atoms with Crippen molar-refractivity contribution in [3.05, 3.63) is 40.4 Å². The van der Waals surface area contributed by atoms with Crippen molar-refractivity contribution < 1.29 is 14.3 Å². The molecular weight excluding hydrogens is 286 g/mol. The molecule has 0 saturated heterocycles. The molecule has 0 aliphatic rings. The van der Waals surface area contributed by atoms with Crippen LogP contribution in [-0.4, -0.2) is 18.0 Å². The molecule has 4 nitrogen and oxygen atoms in total. The summed E-state index contributed by atoms with van der Waals surface area (Å²) in [5.41, 5.74) is 5.82. The van der Waals surface area contributed by atoms with E-state index in [1.165, 1.54) is 13.0 Å². The highest BCUT2D eigenvalue weighted by molar-refractivity contribution is 9.10. The van der Waals surface area contributed by atoms with Crippen molar-refractivity contribution in [2.24, 2.45) is 5.73 Å². The maximum atomic E-state index is 11.3. The number of amides is 1. The summed E-state index contributed by atoms with van der Waals surface area (Å²) in [4.78, 5) is 21.9. The minimum Gasteiger partial charge on any atom is -0.449 e. The molecule has 5 heteroatoms. The number of nitrogens with two attached hydrogens (primary N) is 1. The third-order valence-corrected chi connectivity index (χ3v) is 2.50. The van der Waals surface area contributed by atoms with Crippen molar-refractivity contribution in [3.63, 3.8) is 0 Å². The minimum atomic E-state index is -0.919. The van der Waals surface area contributed by atoms with Crippen molar-refractivity contribution in [2.45, 2.75) is 13.0 Å². The maximum absolute atomic E-state index is 11.3. The third kappa shape index (κ3) is 4.82. The van der Waals surface area contributed by atoms with E-state index < -0.39 is 18.0 Å². The van der Waals surface area contributed by atoms with E-state index in [0.717, 1.165) is 10.0 Å². The second kappa shape index (κ2) is 6.20. The van der Waals surface area contributed by atoms with Gasteiger partial charge >= 0.3 is 5.97 Å². The molecule has 0 aliphatic heterocycles. The van der Waals surface area contributed by atoms with Crippen molar-refractivity contribution in [3.8, 4) is 0 Å². The molecule has 1 rings (SSSR count). The molecule has 0 spiro atoms. The average Bonchev–Trinajstić information content (AvgIpc) is 2.28. The monoisotopic (exact) mass is 297 g/mol. The molecule has 90 valence electrons. The summed E-state index contributed by atoms with van der Waals surface area (Å²) in [5, 5.41) is 0. The fraction of sp³-hybridized carbons (Fsp3) is 0.167. The number of ether oxygens (including phenoxy) is 1. The third-order valence-electron chi connectivity index (χ3n) is 1.98. The van der Waals surface area contributed by atoms with Crippen molar-refractivity contribution in [2.75, 3.05) is 0 Å². The Balaban J connectivity index is 2.56. The molecule has 1 aromatic carbocycles. The molecule has 0 aliphatic carbocycles. The average molecular weight is 298 g/mol. The second-order valence-corrected chi connectivity index (χ2v) is 4.28. The summed E-state index contributed by atoms with van der Waals surface area (Å²) >= 11 is 3.31. The van der Waals surface area contributed by atoms with E-state index >= 15 is 0 Å². The van der Waals surface area contributed by atoms with Crippen LogP contribution in [-0.2, 0) is 14.3 Å². The summed E-state index contributed by atoms with van der Waals surface area (Å²) in [6, 6.07) is 7.39. The molecule has 0 fully saturated rings. The standard InChI is InChI=1S/C12H12BrNO3/c1-8(12(14)16)17-11(15)7-4-9-2-5-10(13)6-3-9/h2-8H,1H3,(H2,14,16)/b7-4+. The number of carbonyl (C=O) groups is 2. The van der Waals surface area contributed by atoms with Gasteiger partial charge < -0.3 is 10.5 Å². The lowest BCUT2D eigenvalue weighted by Gasteiger charge is -2.06. The van der Waals surface area contributed by atoms with Crippen molar-refractivity contribution in [1.29, 1.82) is 0 Å². The lowest BCUT2D eigenvalue weighted by Crippen LogP contribution is -2.29. The van der Waals surface area contributed by atoms with Gasteiger partial charge in [-0.15, -0.1) is 0 Å². The van der Waals surface area contributed by atoms with Crippen molar-refractivity contribution >= 4 is 33.9 Å². The highest BCUT2D eigenvalue weighted by Gasteiger charge is 2.11. The van der Waals surface area contributed by atoms with Crippen LogP contribution in [0.4, 0.5) is 0 Å². The van der Waals surface area contributed by atoms with E-state index in [4.69, 9.17) is 10.5 Å². The van der Waals surface area contributed by atoms with Gasteiger partial charge in [0.05, 0.1) is 0 Å². The van der Waals surface area contributed by atoms with Crippen LogP contribution >= 0.6 is 15.9 Å². The van der Waals surface area contributed by atoms with Gasteiger partial charge in [0.2, 0.25) is 0 Å². The van der Waals surface area contributed by atoms with Crippen LogP contribution in [0.5, 0.6) is 0 Å². The zero-order valence-electron chi connectivity index (χ0n) is 9.22. The molecule has 0 heterocycles. The van der Waals surface area contributed by atoms with Gasteiger partial charge in [-0.05, 0) is 30.7 Å². The minimum absolute atomic E-state index is 0.598. The molecule has 0 radical (unpaired) electrons. The predicted octanol–water partition coefficient (Wildman–Crippen LogP) is 1.88. The quantitative estimate of drug-likeness (QED) is 0.681. The molecule has 1 atom stereocenters. The molecule has 17 heavy (non-hydrogen) atoms. The highest BCUT2D eigenvalue weighted by Crippen LogP contribution is 2.11. The first-order valence-electron chi connectivity index (χ1n) is 4.92. The molecule has 1 unspecified atom stereocenters. The van der Waals surface area contributed by atoms with Gasteiger partial charge in [-0.2, -0.15) is 0 Å². The van der Waals surface area contributed by atoms with Crippen LogP contribution in [0.1, 0.15) is 12.5 Å². The molecule has 0 aromatic heterocycles. The van der Waals surface area contributed by atoms with E-state index in [2.05, 4.69) is 15.9 Å². The second-order valence-electron chi connectivity index (χ2n) is 3.37. The van der Waals surface area contributed by atoms with E-state index in [-0.39, 0.29) is 0 Å². The molecule has 2 N–H and O–H groups in total. The maximum Gasteiger partial charge on any atom is 0.331 e. The van der Waals surface area contributed by atoms with Gasteiger partial charge in [-0.1, -0.05) is 28.1 Å². The number of hydrogen-bond donors (Lipinski definition) is 1. The van der Waals surface area contributed by atoms with Crippen molar-refractivity contribution in [1.82, 2.24) is 0 Å². The van der Waals surface area contributed by atoms with Gasteiger partial charge in [0.1, 0.15) is 0 Å². The fourth-order valence-corrected chi connectivity index (χ4v) is 1.27. The normalized spacial score (nSPS) is 12.4. The van der Waals surface area contributed by atoms with Crippen LogP contribution in [0.3, 0.4) is 0 Å². The zero-order chi connectivity index (χ0) is 12.8. The van der Waals surface area contributed by atoms with E-state index in [0.29, 0.717) is 0 Å². The summed E-state index contributed by atoms with van der Waals surface area (Å²) in [5.74, 6) is -1.27. The smallest absolute Gasteiger partial charge is 0.331 e. The van der Waals surface area contributed by atoms with Gasteiger partial charge in [0.25, 0.3) is 5.91 Å². The van der Waals surface area contributed by atoms with Crippen LogP contribution in [0.2, 0.25) is 0 Å². The highest BCUT2D eigenvalue weighted by atomic mass is 79.9. The molecule has 0 bridgehead atoms. The number of halogens is 1. The van der Waals surface area contributed by atoms with Gasteiger partial charge in [0.15, 0.2) is 6.10 Å². The molecule has 1 aromatic rings. The number of carbonyl (C=O) groups excluding carboxylic acids is 2. The Kier molecular flexibility index (Phi) is 4.90. The summed E-state index contributed by atoms with van der Waals surface area (Å²) in [7, 11) is 0. The number of benzene rings is 1. The Morgan fingerprint density at radius 1 is 1.35 bits per heavy atom. The Labute approximate surface area is 108 Å². The van der Waals surface area contributed by atoms with Gasteiger partial charge in [-0.25, -0.2) is 4.79 Å². The van der Waals surface area contributed by atoms with Crippen LogP contribution in [0.25, 0.3) is 6.08 Å². The number of hydrogen-bond acceptors (Lipinski definition) is 3. The van der Waals surface area contributed by atoms with E-state index in [9.17, 15) is 9.59 Å². The van der Waals surface area contributed by atoms with E-state index in [1.54, 1.807) is 6.08 Å². The van der Waals surface area contributed by atoms with Crippen LogP contribution in [0, 0.1) is 0 Å². The number of primary amides is 1. The largest absolute Gasteiger partial charge is 0.449 e. The Bertz CT molecular complexity index is 440. The molecule has 0 saturated carbocycles. The Morgan fingerprint density at radius 3 is 2.47 bits per heavy atom. The van der Waals surface area contributed by atoms with Gasteiger partial charge in [0, 0.05) is 10.5 Å². The number of rotatable bonds is 4. The molecular formula is C12H12BrNO3. The summed E-state index contributed by atoms with van der Waals surface area (Å²) in [6.07, 6.45) is 1.93. The first kappa shape index (κ1) is 13.4. The first-order valence-corrected chi connectivity index (χ1v) is 5.72. The van der Waals surface area contributed by atoms with Crippen LogP contribution < -0.4 is 5.73 Å². The number of esters is 1. The predicted molar refractivity (Wildman–Crippen MR) is 67.9 cm³/mol. The Morgan fingerprint density at radius 2 is 1.94 bits per heavy atom. The lowest BCUT2D eigenvalue weighted by molar-refractivity contribution is -0.148. The SMILES string of the molecule is CC(OC(=O)/C=C/c1ccc(Br)cc1)C(N)=O. The fourth-order valence-electron chi connectivity index (χ4n) is 1.01. The summed E-state index contributed by atoms with van der Waals surface area (Å²) < 4.78 is 5.71. The first-order chi connectivity index (χ1) is 7.99. The molecule has 1 amide bonds. The zero-order valence-corrected chi connectivity index (χ0v) is 10.8. The Hall–Kier alpha value is -1.62. The van der Waals surface area contributed by atoms with Gasteiger partial charge in [-0.3, -0.25) is 4.79 Å². The topological polar surface area (TPSA) is 69.4 Å².